The van der Waals surface area contributed by atoms with Gasteiger partial charge in [-0.15, -0.1) is 0 Å². The van der Waals surface area contributed by atoms with Crippen LogP contribution in [0.25, 0.3) is 16.3 Å². The summed E-state index contributed by atoms with van der Waals surface area (Å²) in [5.41, 5.74) is 1.40. The Bertz CT molecular complexity index is 1340. The van der Waals surface area contributed by atoms with E-state index in [1.54, 1.807) is 54.9 Å². The van der Waals surface area contributed by atoms with Crippen LogP contribution in [0.1, 0.15) is 33.3 Å². The first-order chi connectivity index (χ1) is 17.0. The maximum absolute atomic E-state index is 13.4. The largest absolute Gasteiger partial charge is 0.493 e. The summed E-state index contributed by atoms with van der Waals surface area (Å²) < 4.78 is 39.4. The zero-order valence-corrected chi connectivity index (χ0v) is 23.1. The third-order valence-corrected chi connectivity index (χ3v) is 7.96. The summed E-state index contributed by atoms with van der Waals surface area (Å²) in [7, 11) is -0.542. The first-order valence-electron chi connectivity index (χ1n) is 11.6. The van der Waals surface area contributed by atoms with Gasteiger partial charge in [0.2, 0.25) is 15.9 Å². The Labute approximate surface area is 217 Å². The second kappa shape index (κ2) is 11.9. The molecular formula is C26H33N3O5S2. The Morgan fingerprint density at radius 2 is 1.69 bits per heavy atom. The molecule has 1 N–H and O–H groups in total. The second-order valence-corrected chi connectivity index (χ2v) is 12.2. The molecule has 0 aliphatic heterocycles. The van der Waals surface area contributed by atoms with Crippen LogP contribution in [0, 0.1) is 11.8 Å². The van der Waals surface area contributed by atoms with Crippen molar-refractivity contribution in [2.75, 3.05) is 32.6 Å². The number of methoxy groups -OCH3 is 2. The molecule has 10 heteroatoms. The number of hydrogen-bond acceptors (Lipinski definition) is 7. The highest BCUT2D eigenvalue weighted by Gasteiger charge is 2.26. The van der Waals surface area contributed by atoms with Crippen LogP contribution in [0.3, 0.4) is 0 Å². The molecule has 0 spiro atoms. The lowest BCUT2D eigenvalue weighted by Gasteiger charge is -2.25. The number of sulfonamides is 1. The lowest BCUT2D eigenvalue weighted by molar-refractivity contribution is -0.111. The van der Waals surface area contributed by atoms with Crippen molar-refractivity contribution in [3.63, 3.8) is 0 Å². The Morgan fingerprint density at radius 1 is 1.03 bits per heavy atom. The molecule has 0 saturated carbocycles. The maximum Gasteiger partial charge on any atom is 0.250 e. The van der Waals surface area contributed by atoms with Gasteiger partial charge in [-0.2, -0.15) is 4.31 Å². The van der Waals surface area contributed by atoms with Crippen molar-refractivity contribution in [2.24, 2.45) is 11.8 Å². The van der Waals surface area contributed by atoms with Gasteiger partial charge in [0.25, 0.3) is 0 Å². The van der Waals surface area contributed by atoms with Gasteiger partial charge in [0.1, 0.15) is 0 Å². The number of thiazole rings is 1. The van der Waals surface area contributed by atoms with Gasteiger partial charge in [-0.3, -0.25) is 10.1 Å². The topological polar surface area (TPSA) is 97.8 Å². The van der Waals surface area contributed by atoms with E-state index in [0.29, 0.717) is 39.9 Å². The van der Waals surface area contributed by atoms with E-state index in [9.17, 15) is 13.2 Å². The molecule has 2 aromatic carbocycles. The number of hydrogen-bond donors (Lipinski definition) is 1. The summed E-state index contributed by atoms with van der Waals surface area (Å²) >= 11 is 1.23. The van der Waals surface area contributed by atoms with Crippen molar-refractivity contribution >= 4 is 48.7 Å². The summed E-state index contributed by atoms with van der Waals surface area (Å²) in [5, 5.41) is 3.14. The van der Waals surface area contributed by atoms with E-state index >= 15 is 0 Å². The number of ether oxygens (including phenoxy) is 2. The molecule has 3 aromatic rings. The lowest BCUT2D eigenvalue weighted by atomic mass is 10.2. The van der Waals surface area contributed by atoms with Gasteiger partial charge in [-0.05, 0) is 53.8 Å². The van der Waals surface area contributed by atoms with Gasteiger partial charge in [-0.1, -0.05) is 45.1 Å². The molecule has 1 aromatic heterocycles. The Kier molecular flexibility index (Phi) is 9.10. The van der Waals surface area contributed by atoms with E-state index in [1.165, 1.54) is 17.4 Å². The quantitative estimate of drug-likeness (QED) is 0.339. The number of carbonyl (C=O) groups excluding carboxylic acids is 1. The van der Waals surface area contributed by atoms with Crippen molar-refractivity contribution in [2.45, 2.75) is 32.6 Å². The highest BCUT2D eigenvalue weighted by Crippen LogP contribution is 2.30. The maximum atomic E-state index is 13.4. The fraction of sp³-hybridized carbons (Fsp3) is 0.385. The van der Waals surface area contributed by atoms with Crippen molar-refractivity contribution in [1.82, 2.24) is 9.29 Å². The SMILES string of the molecule is COc1ccc(C=CC(=O)Nc2nc3ccc(S(=O)(=O)N(CC(C)C)CC(C)C)cc3s2)cc1OC. The second-order valence-electron chi connectivity index (χ2n) is 9.20. The van der Waals surface area contributed by atoms with Gasteiger partial charge in [0.05, 0.1) is 29.3 Å². The number of nitrogens with one attached hydrogen (secondary N) is 1. The molecular weight excluding hydrogens is 498 g/mol. The van der Waals surface area contributed by atoms with Crippen LogP contribution in [-0.2, 0) is 14.8 Å². The Morgan fingerprint density at radius 3 is 2.31 bits per heavy atom. The molecule has 0 bridgehead atoms. The summed E-state index contributed by atoms with van der Waals surface area (Å²) in [6, 6.07) is 10.2. The molecule has 0 aliphatic carbocycles. The van der Waals surface area contributed by atoms with Crippen molar-refractivity contribution < 1.29 is 22.7 Å². The van der Waals surface area contributed by atoms with Crippen LogP contribution in [0.2, 0.25) is 0 Å². The van der Waals surface area contributed by atoms with Crippen LogP contribution in [-0.4, -0.2) is 50.9 Å². The fourth-order valence-corrected chi connectivity index (χ4v) is 6.41. The molecule has 8 nitrogen and oxygen atoms in total. The highest BCUT2D eigenvalue weighted by atomic mass is 32.2. The van der Waals surface area contributed by atoms with Crippen LogP contribution in [0.15, 0.2) is 47.4 Å². The fourth-order valence-electron chi connectivity index (χ4n) is 3.63. The van der Waals surface area contributed by atoms with E-state index < -0.39 is 10.0 Å². The average molecular weight is 532 g/mol. The minimum atomic E-state index is -3.65. The normalized spacial score (nSPS) is 12.2. The number of nitrogens with zero attached hydrogens (tertiary/aromatic N) is 2. The molecule has 3 rings (SSSR count). The summed E-state index contributed by atoms with van der Waals surface area (Å²) in [4.78, 5) is 17.1. The number of aromatic nitrogens is 1. The van der Waals surface area contributed by atoms with Crippen LogP contribution in [0.4, 0.5) is 5.13 Å². The lowest BCUT2D eigenvalue weighted by Crippen LogP contribution is -2.37. The predicted molar refractivity (Wildman–Crippen MR) is 145 cm³/mol. The van der Waals surface area contributed by atoms with Crippen LogP contribution >= 0.6 is 11.3 Å². The number of benzene rings is 2. The summed E-state index contributed by atoms with van der Waals surface area (Å²) in [6.07, 6.45) is 3.06. The molecule has 0 atom stereocenters. The molecule has 0 fully saturated rings. The van der Waals surface area contributed by atoms with Crippen molar-refractivity contribution in [1.29, 1.82) is 0 Å². The van der Waals surface area contributed by atoms with E-state index in [0.717, 1.165) is 5.56 Å². The van der Waals surface area contributed by atoms with Gasteiger partial charge in [0.15, 0.2) is 16.6 Å². The van der Waals surface area contributed by atoms with Gasteiger partial charge in [-0.25, -0.2) is 13.4 Å². The standard InChI is InChI=1S/C26H33N3O5S2/c1-17(2)15-29(16-18(3)4)36(31,32)20-9-10-21-24(14-20)35-26(27-21)28-25(30)12-8-19-7-11-22(33-5)23(13-19)34-6/h7-14,17-18H,15-16H2,1-6H3,(H,27,28,30). The molecule has 36 heavy (non-hydrogen) atoms. The number of carbonyl (C=O) groups is 1. The summed E-state index contributed by atoms with van der Waals surface area (Å²) in [6.45, 7) is 8.92. The minimum Gasteiger partial charge on any atom is -0.493 e. The zero-order valence-electron chi connectivity index (χ0n) is 21.4. The summed E-state index contributed by atoms with van der Waals surface area (Å²) in [5.74, 6) is 1.24. The average Bonchev–Trinajstić information content (AvgIpc) is 3.22. The van der Waals surface area contributed by atoms with Gasteiger partial charge in [0, 0.05) is 19.2 Å². The van der Waals surface area contributed by atoms with E-state index in [-0.39, 0.29) is 22.6 Å². The van der Waals surface area contributed by atoms with Crippen LogP contribution < -0.4 is 14.8 Å². The van der Waals surface area contributed by atoms with Crippen molar-refractivity contribution in [3.05, 3.63) is 48.0 Å². The molecule has 194 valence electrons. The van der Waals surface area contributed by atoms with Crippen molar-refractivity contribution in [3.8, 4) is 11.5 Å². The zero-order chi connectivity index (χ0) is 26.5. The van der Waals surface area contributed by atoms with E-state index in [2.05, 4.69) is 10.3 Å². The Hall–Kier alpha value is -2.95. The van der Waals surface area contributed by atoms with Crippen LogP contribution in [0.5, 0.6) is 11.5 Å². The van der Waals surface area contributed by atoms with Gasteiger partial charge < -0.3 is 9.47 Å². The smallest absolute Gasteiger partial charge is 0.250 e. The van der Waals surface area contributed by atoms with E-state index in [1.807, 2.05) is 33.8 Å². The predicted octanol–water partition coefficient (Wildman–Crippen LogP) is 5.27. The monoisotopic (exact) mass is 531 g/mol. The van der Waals surface area contributed by atoms with Gasteiger partial charge >= 0.3 is 0 Å². The molecule has 0 radical (unpaired) electrons. The number of rotatable bonds is 11. The van der Waals surface area contributed by atoms with E-state index in [4.69, 9.17) is 9.47 Å². The third-order valence-electron chi connectivity index (χ3n) is 5.20. The Balaban J connectivity index is 1.78. The first-order valence-corrected chi connectivity index (χ1v) is 13.9. The number of fused-ring (bicyclic) bond motifs is 1. The number of amides is 1. The first kappa shape index (κ1) is 27.6. The molecule has 1 amide bonds. The minimum absolute atomic E-state index is 0.208. The number of anilines is 1. The molecule has 1 heterocycles. The highest BCUT2D eigenvalue weighted by molar-refractivity contribution is 7.89. The molecule has 0 aliphatic rings. The molecule has 0 unspecified atom stereocenters. The third kappa shape index (κ3) is 6.83. The molecule has 0 saturated heterocycles.